The van der Waals surface area contributed by atoms with E-state index in [9.17, 15) is 0 Å². The SMILES string of the molecule is CC#CO[O-]. The lowest BCUT2D eigenvalue weighted by molar-refractivity contribution is -0.658. The van der Waals surface area contributed by atoms with Gasteiger partial charge >= 0.3 is 0 Å². The maximum atomic E-state index is 8.86. The molecular weight excluding hydrogens is 68.0 g/mol. The van der Waals surface area contributed by atoms with Crippen LogP contribution in [0.2, 0.25) is 0 Å². The van der Waals surface area contributed by atoms with Gasteiger partial charge in [0.25, 0.3) is 0 Å². The van der Waals surface area contributed by atoms with Crippen LogP contribution in [0.5, 0.6) is 0 Å². The molecule has 0 fully saturated rings. The molecule has 0 unspecified atom stereocenters. The van der Waals surface area contributed by atoms with Crippen LogP contribution in [0, 0.1) is 12.0 Å². The molecule has 0 saturated heterocycles. The van der Waals surface area contributed by atoms with Crippen molar-refractivity contribution in [2.45, 2.75) is 6.92 Å². The first-order valence-electron chi connectivity index (χ1n) is 1.12. The first-order chi connectivity index (χ1) is 2.41. The van der Waals surface area contributed by atoms with E-state index < -0.39 is 0 Å². The molecule has 2 nitrogen and oxygen atoms in total. The highest BCUT2D eigenvalue weighted by atomic mass is 17.1. The Kier molecular flexibility index (Phi) is 2.87. The van der Waals surface area contributed by atoms with Crippen molar-refractivity contribution < 1.29 is 10.1 Å². The Balaban J connectivity index is 2.81. The molecule has 0 aromatic rings. The molecule has 0 rings (SSSR count). The van der Waals surface area contributed by atoms with Gasteiger partial charge in [-0.25, -0.2) is 0 Å². The summed E-state index contributed by atoms with van der Waals surface area (Å²) < 4.78 is 0. The zero-order valence-electron chi connectivity index (χ0n) is 2.82. The third-order valence-corrected chi connectivity index (χ3v) is 0.144. The third-order valence-electron chi connectivity index (χ3n) is 0.144. The van der Waals surface area contributed by atoms with Crippen LogP contribution >= 0.6 is 0 Å². The normalized spacial score (nSPS) is 4.40. The molecule has 0 bridgehead atoms. The Bertz CT molecular complexity index is 57.0. The number of rotatable bonds is 0. The van der Waals surface area contributed by atoms with Crippen molar-refractivity contribution in [3.63, 3.8) is 0 Å². The minimum Gasteiger partial charge on any atom is -0.653 e. The quantitative estimate of drug-likeness (QED) is 0.214. The molecule has 0 N–H and O–H groups in total. The third kappa shape index (κ3) is 3.32. The van der Waals surface area contributed by atoms with Gasteiger partial charge in [0.2, 0.25) is 0 Å². The van der Waals surface area contributed by atoms with Crippen molar-refractivity contribution in [1.29, 1.82) is 0 Å². The van der Waals surface area contributed by atoms with E-state index in [4.69, 9.17) is 5.26 Å². The van der Waals surface area contributed by atoms with Gasteiger partial charge in [0.1, 0.15) is 6.11 Å². The second-order valence-electron chi connectivity index (χ2n) is 0.435. The molecule has 0 amide bonds. The number of hydrogen-bond donors (Lipinski definition) is 0. The van der Waals surface area contributed by atoms with Crippen LogP contribution in [0.4, 0.5) is 0 Å². The minimum atomic E-state index is 1.53. The molecule has 5 heavy (non-hydrogen) atoms. The van der Waals surface area contributed by atoms with Gasteiger partial charge < -0.3 is 10.1 Å². The summed E-state index contributed by atoms with van der Waals surface area (Å²) in [5, 5.41) is 8.86. The Morgan fingerprint density at radius 3 is 2.40 bits per heavy atom. The zero-order valence-corrected chi connectivity index (χ0v) is 2.82. The van der Waals surface area contributed by atoms with Gasteiger partial charge in [-0.1, -0.05) is 5.92 Å². The van der Waals surface area contributed by atoms with Crippen LogP contribution in [0.3, 0.4) is 0 Å². The zero-order chi connectivity index (χ0) is 4.12. The van der Waals surface area contributed by atoms with E-state index in [2.05, 4.69) is 10.8 Å². The van der Waals surface area contributed by atoms with Gasteiger partial charge in [-0.2, -0.15) is 0 Å². The van der Waals surface area contributed by atoms with E-state index in [1.165, 1.54) is 6.92 Å². The Labute approximate surface area is 30.3 Å². The van der Waals surface area contributed by atoms with E-state index in [1.807, 2.05) is 0 Å². The largest absolute Gasteiger partial charge is 0.653 e. The molecule has 0 radical (unpaired) electrons. The lowest BCUT2D eigenvalue weighted by Gasteiger charge is -1.89. The van der Waals surface area contributed by atoms with Crippen molar-refractivity contribution in [3.8, 4) is 12.0 Å². The van der Waals surface area contributed by atoms with E-state index in [0.717, 1.165) is 0 Å². The average molecular weight is 71.1 g/mol. The second kappa shape index (κ2) is 3.32. The highest BCUT2D eigenvalue weighted by Crippen LogP contribution is 1.43. The highest BCUT2D eigenvalue weighted by molar-refractivity contribution is 4.83. The van der Waals surface area contributed by atoms with Gasteiger partial charge in [-0.3, -0.25) is 0 Å². The molecule has 0 aliphatic rings. The minimum absolute atomic E-state index is 1.53. The molecule has 0 aromatic carbocycles. The van der Waals surface area contributed by atoms with E-state index in [-0.39, 0.29) is 0 Å². The maximum absolute atomic E-state index is 8.86. The lowest BCUT2D eigenvalue weighted by Crippen LogP contribution is -1.95. The first-order valence-corrected chi connectivity index (χ1v) is 1.12. The van der Waals surface area contributed by atoms with Gasteiger partial charge in [-0.05, 0) is 0 Å². The van der Waals surface area contributed by atoms with Gasteiger partial charge in [0.15, 0.2) is 0 Å². The highest BCUT2D eigenvalue weighted by Gasteiger charge is 1.35. The molecule has 2 heteroatoms. The molecule has 28 valence electrons. The van der Waals surface area contributed by atoms with Gasteiger partial charge in [0, 0.05) is 6.92 Å². The number of hydrogen-bond acceptors (Lipinski definition) is 2. The van der Waals surface area contributed by atoms with Crippen LogP contribution < -0.4 is 5.26 Å². The lowest BCUT2D eigenvalue weighted by atomic mass is 10.8. The Hall–Kier alpha value is -0.680. The predicted molar refractivity (Wildman–Crippen MR) is 14.5 cm³/mol. The smallest absolute Gasteiger partial charge is 0.103 e. The van der Waals surface area contributed by atoms with Crippen LogP contribution in [0.15, 0.2) is 0 Å². The average Bonchev–Trinajstić information content (AvgIpc) is 1.41. The fourth-order valence-corrected chi connectivity index (χ4v) is 0.0417. The summed E-state index contributed by atoms with van der Waals surface area (Å²) >= 11 is 0. The topological polar surface area (TPSA) is 32.3 Å². The molecule has 0 atom stereocenters. The summed E-state index contributed by atoms with van der Waals surface area (Å²) in [6, 6.07) is 0. The van der Waals surface area contributed by atoms with Gasteiger partial charge in [0.05, 0.1) is 0 Å². The molecule has 0 aliphatic heterocycles. The van der Waals surface area contributed by atoms with Crippen molar-refractivity contribution >= 4 is 0 Å². The Morgan fingerprint density at radius 2 is 2.40 bits per heavy atom. The fourth-order valence-electron chi connectivity index (χ4n) is 0.0417. The van der Waals surface area contributed by atoms with E-state index >= 15 is 0 Å². The van der Waals surface area contributed by atoms with Crippen LogP contribution in [-0.2, 0) is 4.89 Å². The van der Waals surface area contributed by atoms with Crippen LogP contribution in [0.1, 0.15) is 6.92 Å². The van der Waals surface area contributed by atoms with E-state index in [1.54, 1.807) is 6.11 Å². The Morgan fingerprint density at radius 1 is 1.80 bits per heavy atom. The second-order valence-corrected chi connectivity index (χ2v) is 0.435. The maximum Gasteiger partial charge on any atom is 0.103 e. The van der Waals surface area contributed by atoms with Crippen molar-refractivity contribution in [2.24, 2.45) is 0 Å². The molecule has 0 heterocycles. The van der Waals surface area contributed by atoms with Crippen LogP contribution in [0.25, 0.3) is 0 Å². The molecule has 0 aromatic heterocycles. The summed E-state index contributed by atoms with van der Waals surface area (Å²) in [6.07, 6.45) is 1.81. The van der Waals surface area contributed by atoms with Crippen molar-refractivity contribution in [2.75, 3.05) is 0 Å². The summed E-state index contributed by atoms with van der Waals surface area (Å²) in [5.41, 5.74) is 0. The fraction of sp³-hybridized carbons (Fsp3) is 0.333. The molecule has 0 spiro atoms. The summed E-state index contributed by atoms with van der Waals surface area (Å²) in [6.45, 7) is 1.53. The van der Waals surface area contributed by atoms with E-state index in [0.29, 0.717) is 0 Å². The molecule has 0 aliphatic carbocycles. The predicted octanol–water partition coefficient (Wildman–Crippen LogP) is -0.741. The van der Waals surface area contributed by atoms with Crippen molar-refractivity contribution in [1.82, 2.24) is 0 Å². The first kappa shape index (κ1) is 4.32. The van der Waals surface area contributed by atoms with Gasteiger partial charge in [-0.15, -0.1) is 0 Å². The standard InChI is InChI=1S/C3H4O2/c1-2-3-5-4/h4H,1H3/p-1. The van der Waals surface area contributed by atoms with Crippen molar-refractivity contribution in [3.05, 3.63) is 0 Å². The molecule has 0 saturated carbocycles. The summed E-state index contributed by atoms with van der Waals surface area (Å²) in [7, 11) is 0. The van der Waals surface area contributed by atoms with Crippen LogP contribution in [-0.4, -0.2) is 0 Å². The summed E-state index contributed by atoms with van der Waals surface area (Å²) in [5.74, 6) is 2.23. The summed E-state index contributed by atoms with van der Waals surface area (Å²) in [4.78, 5) is 3.08. The monoisotopic (exact) mass is 71.0 g/mol. The molecular formula is C3H3O2-.